The Hall–Kier alpha value is -0.910. The van der Waals surface area contributed by atoms with Gasteiger partial charge in [0, 0.05) is 13.2 Å². The molecule has 1 aromatic carbocycles. The number of methoxy groups -OCH3 is 1. The van der Waals surface area contributed by atoms with E-state index in [1.807, 2.05) is 32.0 Å². The van der Waals surface area contributed by atoms with Crippen molar-refractivity contribution in [2.45, 2.75) is 19.9 Å². The summed E-state index contributed by atoms with van der Waals surface area (Å²) >= 11 is 0. The maximum Gasteiger partial charge on any atom is 0.154 e. The Morgan fingerprint density at radius 3 is 2.50 bits per heavy atom. The van der Waals surface area contributed by atoms with E-state index in [-0.39, 0.29) is 18.1 Å². The highest BCUT2D eigenvalue weighted by Crippen LogP contribution is 2.17. The molecule has 1 atom stereocenters. The number of ether oxygens (including phenoxy) is 1. The Balaban J connectivity index is 2.75. The molecule has 0 amide bonds. The van der Waals surface area contributed by atoms with Crippen LogP contribution in [0.25, 0.3) is 0 Å². The first kappa shape index (κ1) is 15.1. The monoisotopic (exact) mass is 271 g/mol. The molecular formula is C13H21NO3S. The van der Waals surface area contributed by atoms with Crippen LogP contribution in [0.15, 0.2) is 18.2 Å². The van der Waals surface area contributed by atoms with Gasteiger partial charge in [0.25, 0.3) is 0 Å². The van der Waals surface area contributed by atoms with Crippen molar-refractivity contribution in [3.05, 3.63) is 34.9 Å². The normalized spacial score (nSPS) is 13.6. The molecule has 0 aromatic heterocycles. The molecular weight excluding hydrogens is 250 g/mol. The van der Waals surface area contributed by atoms with Gasteiger partial charge in [0.05, 0.1) is 18.1 Å². The largest absolute Gasteiger partial charge is 0.384 e. The van der Waals surface area contributed by atoms with E-state index in [0.717, 1.165) is 11.1 Å². The summed E-state index contributed by atoms with van der Waals surface area (Å²) in [6.07, 6.45) is 0. The van der Waals surface area contributed by atoms with Gasteiger partial charge in [0.2, 0.25) is 0 Å². The van der Waals surface area contributed by atoms with E-state index < -0.39 is 15.9 Å². The highest BCUT2D eigenvalue weighted by atomic mass is 32.2. The number of sulfone groups is 1. The second-order valence-corrected chi connectivity index (χ2v) is 6.79. The molecule has 18 heavy (non-hydrogen) atoms. The molecule has 0 spiro atoms. The number of rotatable bonds is 6. The topological polar surface area (TPSA) is 69.4 Å². The van der Waals surface area contributed by atoms with Gasteiger partial charge < -0.3 is 10.5 Å². The minimum Gasteiger partial charge on any atom is -0.384 e. The number of hydrogen-bond donors (Lipinski definition) is 1. The third-order valence-corrected chi connectivity index (χ3v) is 4.65. The number of hydrogen-bond acceptors (Lipinski definition) is 4. The van der Waals surface area contributed by atoms with Crippen LogP contribution in [0.2, 0.25) is 0 Å². The maximum absolute atomic E-state index is 11.8. The van der Waals surface area contributed by atoms with Gasteiger partial charge in [-0.1, -0.05) is 18.2 Å². The quantitative estimate of drug-likeness (QED) is 0.848. The summed E-state index contributed by atoms with van der Waals surface area (Å²) in [5, 5.41) is 0. The molecule has 1 unspecified atom stereocenters. The van der Waals surface area contributed by atoms with Crippen LogP contribution >= 0.6 is 0 Å². The third-order valence-electron chi connectivity index (χ3n) is 2.99. The predicted octanol–water partition coefficient (Wildman–Crippen LogP) is 1.36. The van der Waals surface area contributed by atoms with Gasteiger partial charge >= 0.3 is 0 Å². The van der Waals surface area contributed by atoms with Crippen molar-refractivity contribution >= 4 is 9.84 Å². The summed E-state index contributed by atoms with van der Waals surface area (Å²) in [4.78, 5) is 0. The van der Waals surface area contributed by atoms with Gasteiger partial charge in [-0.15, -0.1) is 0 Å². The van der Waals surface area contributed by atoms with Crippen LogP contribution in [0, 0.1) is 13.8 Å². The van der Waals surface area contributed by atoms with Crippen LogP contribution < -0.4 is 5.73 Å². The molecule has 4 nitrogen and oxygen atoms in total. The second-order valence-electron chi connectivity index (χ2n) is 4.56. The van der Waals surface area contributed by atoms with Crippen LogP contribution in [0.5, 0.6) is 0 Å². The standard InChI is InChI=1S/C13H21NO3S/c1-10-4-5-12(8-11(10)2)13(14)9-18(15,16)7-6-17-3/h4-5,8,13H,6-7,9,14H2,1-3H3. The highest BCUT2D eigenvalue weighted by Gasteiger charge is 2.17. The fourth-order valence-electron chi connectivity index (χ4n) is 1.66. The summed E-state index contributed by atoms with van der Waals surface area (Å²) in [6.45, 7) is 4.22. The SMILES string of the molecule is COCCS(=O)(=O)CC(N)c1ccc(C)c(C)c1. The van der Waals surface area contributed by atoms with E-state index in [9.17, 15) is 8.42 Å². The average Bonchev–Trinajstić information content (AvgIpc) is 2.29. The Labute approximate surface area is 109 Å². The molecule has 0 aliphatic carbocycles. The van der Waals surface area contributed by atoms with Crippen molar-refractivity contribution in [1.29, 1.82) is 0 Å². The van der Waals surface area contributed by atoms with Crippen LogP contribution in [0.3, 0.4) is 0 Å². The summed E-state index contributed by atoms with van der Waals surface area (Å²) in [5.74, 6) is -0.0269. The van der Waals surface area contributed by atoms with E-state index in [4.69, 9.17) is 10.5 Å². The van der Waals surface area contributed by atoms with E-state index in [0.29, 0.717) is 0 Å². The fraction of sp³-hybridized carbons (Fsp3) is 0.538. The van der Waals surface area contributed by atoms with Crippen LogP contribution in [-0.4, -0.2) is 33.6 Å². The first-order valence-corrected chi connectivity index (χ1v) is 7.70. The third kappa shape index (κ3) is 4.40. The zero-order valence-electron chi connectivity index (χ0n) is 11.1. The van der Waals surface area contributed by atoms with Crippen LogP contribution in [0.1, 0.15) is 22.7 Å². The van der Waals surface area contributed by atoms with E-state index >= 15 is 0 Å². The van der Waals surface area contributed by atoms with E-state index in [1.165, 1.54) is 12.7 Å². The molecule has 0 radical (unpaired) electrons. The lowest BCUT2D eigenvalue weighted by atomic mass is 10.0. The Morgan fingerprint density at radius 2 is 1.94 bits per heavy atom. The van der Waals surface area contributed by atoms with Gasteiger partial charge in [-0.25, -0.2) is 8.42 Å². The molecule has 0 fully saturated rings. The molecule has 0 saturated heterocycles. The van der Waals surface area contributed by atoms with E-state index in [1.54, 1.807) is 0 Å². The Bertz CT molecular complexity index is 497. The summed E-state index contributed by atoms with van der Waals surface area (Å²) in [5.41, 5.74) is 9.11. The van der Waals surface area contributed by atoms with Crippen LogP contribution in [0.4, 0.5) is 0 Å². The van der Waals surface area contributed by atoms with Crippen molar-refractivity contribution < 1.29 is 13.2 Å². The van der Waals surface area contributed by atoms with Crippen molar-refractivity contribution in [2.75, 3.05) is 25.2 Å². The lowest BCUT2D eigenvalue weighted by Gasteiger charge is -2.14. The number of benzene rings is 1. The molecule has 102 valence electrons. The number of aryl methyl sites for hydroxylation is 2. The zero-order valence-corrected chi connectivity index (χ0v) is 12.0. The molecule has 1 rings (SSSR count). The summed E-state index contributed by atoms with van der Waals surface area (Å²) < 4.78 is 28.3. The fourth-order valence-corrected chi connectivity index (χ4v) is 2.99. The van der Waals surface area contributed by atoms with Crippen LogP contribution in [-0.2, 0) is 14.6 Å². The molecule has 0 bridgehead atoms. The lowest BCUT2D eigenvalue weighted by molar-refractivity contribution is 0.217. The predicted molar refractivity (Wildman–Crippen MR) is 73.4 cm³/mol. The Kier molecular flexibility index (Phi) is 5.31. The minimum absolute atomic E-state index is 0.0159. The van der Waals surface area contributed by atoms with Gasteiger partial charge in [-0.05, 0) is 30.5 Å². The van der Waals surface area contributed by atoms with Crippen molar-refractivity contribution in [2.24, 2.45) is 5.73 Å². The van der Waals surface area contributed by atoms with Gasteiger partial charge in [0.15, 0.2) is 9.84 Å². The average molecular weight is 271 g/mol. The first-order valence-electron chi connectivity index (χ1n) is 5.88. The van der Waals surface area contributed by atoms with Gasteiger partial charge in [-0.3, -0.25) is 0 Å². The molecule has 1 aromatic rings. The Morgan fingerprint density at radius 1 is 1.28 bits per heavy atom. The van der Waals surface area contributed by atoms with Gasteiger partial charge in [-0.2, -0.15) is 0 Å². The summed E-state index contributed by atoms with van der Waals surface area (Å²) in [7, 11) is -1.68. The lowest BCUT2D eigenvalue weighted by Crippen LogP contribution is -2.25. The van der Waals surface area contributed by atoms with Crippen molar-refractivity contribution in [1.82, 2.24) is 0 Å². The smallest absolute Gasteiger partial charge is 0.154 e. The molecule has 2 N–H and O–H groups in total. The molecule has 0 aliphatic rings. The van der Waals surface area contributed by atoms with Crippen molar-refractivity contribution in [3.8, 4) is 0 Å². The number of nitrogens with two attached hydrogens (primary N) is 1. The first-order chi connectivity index (χ1) is 8.35. The molecule has 0 heterocycles. The molecule has 0 aliphatic heterocycles. The van der Waals surface area contributed by atoms with Gasteiger partial charge in [0.1, 0.15) is 0 Å². The minimum atomic E-state index is -3.16. The molecule has 5 heteroatoms. The van der Waals surface area contributed by atoms with Crippen molar-refractivity contribution in [3.63, 3.8) is 0 Å². The highest BCUT2D eigenvalue weighted by molar-refractivity contribution is 7.91. The molecule has 0 saturated carbocycles. The summed E-state index contributed by atoms with van der Waals surface area (Å²) in [6, 6.07) is 5.32. The second kappa shape index (κ2) is 6.31. The zero-order chi connectivity index (χ0) is 13.8. The van der Waals surface area contributed by atoms with E-state index in [2.05, 4.69) is 0 Å². The maximum atomic E-state index is 11.8.